The van der Waals surface area contributed by atoms with Crippen molar-refractivity contribution in [3.8, 4) is 11.5 Å². The molecule has 0 aliphatic heterocycles. The molecule has 0 fully saturated rings. The van der Waals surface area contributed by atoms with Crippen LogP contribution in [0.15, 0.2) is 112 Å². The number of benzene rings is 4. The Hall–Kier alpha value is -4.54. The van der Waals surface area contributed by atoms with Crippen LogP contribution in [0.25, 0.3) is 6.08 Å². The molecule has 4 rings (SSSR count). The Morgan fingerprint density at radius 1 is 0.833 bits per heavy atom. The van der Waals surface area contributed by atoms with Crippen molar-refractivity contribution in [3.05, 3.63) is 118 Å². The number of methoxy groups -OCH3 is 2. The van der Waals surface area contributed by atoms with Crippen molar-refractivity contribution in [2.24, 2.45) is 0 Å². The third kappa shape index (κ3) is 8.73. The fourth-order valence-corrected chi connectivity index (χ4v) is 4.79. The summed E-state index contributed by atoms with van der Waals surface area (Å²) in [5.41, 5.74) is 2.29. The number of ether oxygens (including phenoxy) is 2. The number of anilines is 2. The Bertz CT molecular complexity index is 1590. The summed E-state index contributed by atoms with van der Waals surface area (Å²) in [4.78, 5) is 39.6. The van der Waals surface area contributed by atoms with Crippen molar-refractivity contribution in [3.63, 3.8) is 0 Å². The minimum absolute atomic E-state index is 0.0806. The van der Waals surface area contributed by atoms with Crippen LogP contribution >= 0.6 is 27.7 Å². The molecule has 4 aromatic carbocycles. The standard InChI is InChI=1S/C32H28BrN3O5S/c1-40-25-15-16-27(29(19-25)41-2)35-30(37)20-42-26-10-6-9-24(18-26)34-32(39)28(17-21-11-13-23(33)14-12-21)36-31(38)22-7-4-3-5-8-22/h3-19H,20H2,1-2H3,(H,34,39)(H,35,37)(H,36,38)/b28-17-. The second-order valence-corrected chi connectivity index (χ2v) is 10.8. The van der Waals surface area contributed by atoms with Gasteiger partial charge < -0.3 is 25.4 Å². The normalized spacial score (nSPS) is 10.9. The molecule has 0 unspecified atom stereocenters. The summed E-state index contributed by atoms with van der Waals surface area (Å²) in [7, 11) is 3.08. The van der Waals surface area contributed by atoms with Crippen molar-refractivity contribution in [1.82, 2.24) is 5.32 Å². The molecule has 3 amide bonds. The Morgan fingerprint density at radius 2 is 1.60 bits per heavy atom. The van der Waals surface area contributed by atoms with Gasteiger partial charge in [-0.3, -0.25) is 14.4 Å². The van der Waals surface area contributed by atoms with E-state index in [1.165, 1.54) is 18.9 Å². The highest BCUT2D eigenvalue weighted by Gasteiger charge is 2.16. The second-order valence-electron chi connectivity index (χ2n) is 8.81. The molecule has 3 N–H and O–H groups in total. The maximum Gasteiger partial charge on any atom is 0.272 e. The quantitative estimate of drug-likeness (QED) is 0.125. The first kappa shape index (κ1) is 30.4. The highest BCUT2D eigenvalue weighted by Crippen LogP contribution is 2.29. The number of hydrogen-bond donors (Lipinski definition) is 3. The number of nitrogens with one attached hydrogen (secondary N) is 3. The summed E-state index contributed by atoms with van der Waals surface area (Å²) in [6.45, 7) is 0. The number of rotatable bonds is 11. The first-order valence-electron chi connectivity index (χ1n) is 12.7. The lowest BCUT2D eigenvalue weighted by Gasteiger charge is -2.13. The van der Waals surface area contributed by atoms with Gasteiger partial charge in [-0.2, -0.15) is 0 Å². The third-order valence-corrected chi connectivity index (χ3v) is 7.38. The van der Waals surface area contributed by atoms with Crippen LogP contribution in [0, 0.1) is 0 Å². The van der Waals surface area contributed by atoms with Crippen molar-refractivity contribution >= 4 is 62.9 Å². The zero-order valence-corrected chi connectivity index (χ0v) is 25.3. The molecule has 0 aliphatic carbocycles. The van der Waals surface area contributed by atoms with Gasteiger partial charge in [-0.1, -0.05) is 52.3 Å². The SMILES string of the molecule is COc1ccc(NC(=O)CSc2cccc(NC(=O)/C(=C/c3ccc(Br)cc3)NC(=O)c3ccccc3)c2)c(OC)c1. The van der Waals surface area contributed by atoms with Crippen molar-refractivity contribution in [2.45, 2.75) is 4.90 Å². The van der Waals surface area contributed by atoms with Gasteiger partial charge in [0, 0.05) is 26.7 Å². The number of thioether (sulfide) groups is 1. The Morgan fingerprint density at radius 3 is 2.31 bits per heavy atom. The highest BCUT2D eigenvalue weighted by molar-refractivity contribution is 9.10. The van der Waals surface area contributed by atoms with E-state index in [2.05, 4.69) is 31.9 Å². The number of carbonyl (C=O) groups is 3. The Labute approximate surface area is 256 Å². The lowest BCUT2D eigenvalue weighted by Crippen LogP contribution is -2.30. The fourth-order valence-electron chi connectivity index (χ4n) is 3.77. The van der Waals surface area contributed by atoms with Gasteiger partial charge in [-0.25, -0.2) is 0 Å². The summed E-state index contributed by atoms with van der Waals surface area (Å²) in [5, 5.41) is 8.43. The maximum atomic E-state index is 13.3. The summed E-state index contributed by atoms with van der Waals surface area (Å²) in [6, 6.07) is 28.3. The minimum Gasteiger partial charge on any atom is -0.497 e. The molecule has 0 atom stereocenters. The molecule has 214 valence electrons. The van der Waals surface area contributed by atoms with E-state index in [4.69, 9.17) is 9.47 Å². The summed E-state index contributed by atoms with van der Waals surface area (Å²) in [6.07, 6.45) is 1.61. The van der Waals surface area contributed by atoms with Crippen LogP contribution in [0.3, 0.4) is 0 Å². The number of hydrogen-bond acceptors (Lipinski definition) is 6. The lowest BCUT2D eigenvalue weighted by atomic mass is 10.1. The smallest absolute Gasteiger partial charge is 0.272 e. The zero-order chi connectivity index (χ0) is 29.9. The van der Waals surface area contributed by atoms with Crippen LogP contribution in [0.1, 0.15) is 15.9 Å². The lowest BCUT2D eigenvalue weighted by molar-refractivity contribution is -0.114. The van der Waals surface area contributed by atoms with E-state index in [0.717, 1.165) is 14.9 Å². The summed E-state index contributed by atoms with van der Waals surface area (Å²) < 4.78 is 11.4. The van der Waals surface area contributed by atoms with Crippen LogP contribution in [0.4, 0.5) is 11.4 Å². The van der Waals surface area contributed by atoms with Gasteiger partial charge >= 0.3 is 0 Å². The summed E-state index contributed by atoms with van der Waals surface area (Å²) >= 11 is 4.72. The second kappa shape index (κ2) is 14.9. The molecule has 42 heavy (non-hydrogen) atoms. The molecular formula is C32H28BrN3O5S. The van der Waals surface area contributed by atoms with Gasteiger partial charge in [0.2, 0.25) is 5.91 Å². The average molecular weight is 647 g/mol. The van der Waals surface area contributed by atoms with Crippen LogP contribution in [-0.2, 0) is 9.59 Å². The van der Waals surface area contributed by atoms with Gasteiger partial charge in [0.1, 0.15) is 17.2 Å². The molecule has 0 saturated carbocycles. The molecular weight excluding hydrogens is 618 g/mol. The van der Waals surface area contributed by atoms with E-state index in [0.29, 0.717) is 28.4 Å². The average Bonchev–Trinajstić information content (AvgIpc) is 3.01. The van der Waals surface area contributed by atoms with Gasteiger partial charge in [0.15, 0.2) is 0 Å². The first-order chi connectivity index (χ1) is 20.3. The Kier molecular flexibility index (Phi) is 10.8. The van der Waals surface area contributed by atoms with Crippen LogP contribution < -0.4 is 25.4 Å². The number of amides is 3. The summed E-state index contributed by atoms with van der Waals surface area (Å²) in [5.74, 6) is 0.123. The third-order valence-electron chi connectivity index (χ3n) is 5.85. The van der Waals surface area contributed by atoms with E-state index < -0.39 is 11.8 Å². The van der Waals surface area contributed by atoms with E-state index in [-0.39, 0.29) is 17.4 Å². The van der Waals surface area contributed by atoms with Gasteiger partial charge in [-0.05, 0) is 66.2 Å². The van der Waals surface area contributed by atoms with Crippen LogP contribution in [-0.4, -0.2) is 37.7 Å². The van der Waals surface area contributed by atoms with Gasteiger partial charge in [0.25, 0.3) is 11.8 Å². The van der Waals surface area contributed by atoms with Gasteiger partial charge in [0.05, 0.1) is 25.7 Å². The van der Waals surface area contributed by atoms with E-state index in [1.54, 1.807) is 73.8 Å². The predicted octanol–water partition coefficient (Wildman–Crippen LogP) is 6.61. The number of halogens is 1. The van der Waals surface area contributed by atoms with E-state index in [9.17, 15) is 14.4 Å². The molecule has 0 heterocycles. The Balaban J connectivity index is 1.43. The molecule has 0 bridgehead atoms. The first-order valence-corrected chi connectivity index (χ1v) is 14.5. The molecule has 8 nitrogen and oxygen atoms in total. The maximum absolute atomic E-state index is 13.3. The molecule has 0 aromatic heterocycles. The molecule has 0 saturated heterocycles. The van der Waals surface area contributed by atoms with Crippen LogP contribution in [0.2, 0.25) is 0 Å². The van der Waals surface area contributed by atoms with Crippen molar-refractivity contribution < 1.29 is 23.9 Å². The molecule has 10 heteroatoms. The van der Waals surface area contributed by atoms with Crippen LogP contribution in [0.5, 0.6) is 11.5 Å². The predicted molar refractivity (Wildman–Crippen MR) is 170 cm³/mol. The van der Waals surface area contributed by atoms with Crippen molar-refractivity contribution in [1.29, 1.82) is 0 Å². The topological polar surface area (TPSA) is 106 Å². The highest BCUT2D eigenvalue weighted by atomic mass is 79.9. The molecule has 4 aromatic rings. The largest absolute Gasteiger partial charge is 0.497 e. The number of carbonyl (C=O) groups excluding carboxylic acids is 3. The van der Waals surface area contributed by atoms with Gasteiger partial charge in [-0.15, -0.1) is 11.8 Å². The molecule has 0 spiro atoms. The van der Waals surface area contributed by atoms with E-state index >= 15 is 0 Å². The minimum atomic E-state index is -0.492. The van der Waals surface area contributed by atoms with E-state index in [1.807, 2.05) is 36.4 Å². The molecule has 0 radical (unpaired) electrons. The monoisotopic (exact) mass is 645 g/mol. The van der Waals surface area contributed by atoms with Crippen molar-refractivity contribution in [2.75, 3.05) is 30.6 Å². The zero-order valence-electron chi connectivity index (χ0n) is 22.8. The molecule has 0 aliphatic rings. The fraction of sp³-hybridized carbons (Fsp3) is 0.0938.